The van der Waals surface area contributed by atoms with Crippen LogP contribution in [0, 0.1) is 11.6 Å². The molecule has 1 heterocycles. The third-order valence-corrected chi connectivity index (χ3v) is 4.66. The van der Waals surface area contributed by atoms with Gasteiger partial charge in [-0.05, 0) is 18.9 Å². The number of rotatable bonds is 1. The summed E-state index contributed by atoms with van der Waals surface area (Å²) in [6.45, 7) is 2.00. The van der Waals surface area contributed by atoms with Crippen molar-refractivity contribution in [2.45, 2.75) is 12.8 Å². The summed E-state index contributed by atoms with van der Waals surface area (Å²) < 4.78 is 30.4. The van der Waals surface area contributed by atoms with Crippen molar-refractivity contribution in [2.24, 2.45) is 0 Å². The zero-order chi connectivity index (χ0) is 11.1. The molecule has 0 amide bonds. The lowest BCUT2D eigenvalue weighted by atomic mass is 10.3. The number of halogens is 3. The second-order valence-electron chi connectivity index (χ2n) is 3.19. The van der Waals surface area contributed by atoms with Gasteiger partial charge in [-0.3, -0.25) is 12.9 Å². The zero-order valence-corrected chi connectivity index (χ0v) is 11.3. The third kappa shape index (κ3) is 5.24. The molecule has 1 saturated heterocycles. The van der Waals surface area contributed by atoms with Gasteiger partial charge in [-0.2, -0.15) is 0 Å². The Morgan fingerprint density at radius 3 is 2.27 bits per heavy atom. The minimum atomic E-state index is -0.683. The minimum absolute atomic E-state index is 0.441. The molecule has 80 valence electrons. The van der Waals surface area contributed by atoms with Crippen LogP contribution in [0.3, 0.4) is 0 Å². The predicted octanol–water partition coefficient (Wildman–Crippen LogP) is 2.40. The largest absolute Gasteiger partial charge is 0.511 e. The summed E-state index contributed by atoms with van der Waals surface area (Å²) in [4.78, 5) is 0. The standard InChI is InChI=1S/C6H3F2.C4H8O.BrH.Mg/c7-5-2-1-3-6(8)4-5;1-2-4-5-3-1;;/h1-2,4H;1-4H2;1H;/q;;;+1/p-1. The first-order valence-electron chi connectivity index (χ1n) is 4.81. The Morgan fingerprint density at radius 2 is 1.87 bits per heavy atom. The molecule has 0 unspecified atom stereocenters. The van der Waals surface area contributed by atoms with Crippen LogP contribution in [0.4, 0.5) is 8.78 Å². The second-order valence-corrected chi connectivity index (χ2v) is 5.90. The van der Waals surface area contributed by atoms with E-state index in [0.29, 0.717) is 3.69 Å². The maximum atomic E-state index is 12.6. The average molecular weight is 289 g/mol. The first-order valence-corrected chi connectivity index (χ1v) is 9.42. The summed E-state index contributed by atoms with van der Waals surface area (Å²) >= 11 is 2.53. The van der Waals surface area contributed by atoms with Crippen molar-refractivity contribution in [1.29, 1.82) is 0 Å². The SMILES string of the molecule is C1CCOC1.Fc1cc[c]([Mg][Br])c(F)c1. The van der Waals surface area contributed by atoms with Crippen LogP contribution in [0.5, 0.6) is 0 Å². The molecule has 0 atom stereocenters. The molecule has 0 N–H and O–H groups in total. The number of benzene rings is 1. The first kappa shape index (κ1) is 13.4. The van der Waals surface area contributed by atoms with E-state index in [1.54, 1.807) is 0 Å². The number of ether oxygens (including phenoxy) is 1. The van der Waals surface area contributed by atoms with Crippen molar-refractivity contribution in [2.75, 3.05) is 13.2 Å². The van der Waals surface area contributed by atoms with Gasteiger partial charge in [0.2, 0.25) is 0 Å². The highest BCUT2D eigenvalue weighted by Gasteiger charge is 2.02. The molecule has 2 rings (SSSR count). The maximum Gasteiger partial charge on any atom is 0.511 e. The molecule has 1 nitrogen and oxygen atoms in total. The molecule has 0 aromatic heterocycles. The van der Waals surface area contributed by atoms with E-state index in [1.165, 1.54) is 25.0 Å². The zero-order valence-electron chi connectivity index (χ0n) is 8.31. The van der Waals surface area contributed by atoms with Gasteiger partial charge in [0.05, 0.1) is 0 Å². The molecular weight excluding hydrogens is 278 g/mol. The molecule has 0 bridgehead atoms. The van der Waals surface area contributed by atoms with Gasteiger partial charge in [0.15, 0.2) is 0 Å². The molecule has 0 aliphatic carbocycles. The Hall–Kier alpha value is 0.286. The van der Waals surface area contributed by atoms with E-state index in [-0.39, 0.29) is 0 Å². The van der Waals surface area contributed by atoms with E-state index in [2.05, 4.69) is 12.9 Å². The predicted molar refractivity (Wildman–Crippen MR) is 60.7 cm³/mol. The van der Waals surface area contributed by atoms with Crippen LogP contribution in [0.25, 0.3) is 0 Å². The molecule has 0 radical (unpaired) electrons. The average Bonchev–Trinajstić information content (AvgIpc) is 2.75. The summed E-state index contributed by atoms with van der Waals surface area (Å²) in [6.07, 6.45) is 2.56. The van der Waals surface area contributed by atoms with Crippen LogP contribution in [-0.4, -0.2) is 31.4 Å². The van der Waals surface area contributed by atoms with Gasteiger partial charge in [-0.15, -0.1) is 3.69 Å². The highest BCUT2D eigenvalue weighted by Crippen LogP contribution is 1.99. The van der Waals surface area contributed by atoms with Gasteiger partial charge in [-0.1, -0.05) is 6.07 Å². The Labute approximate surface area is 104 Å². The summed E-state index contributed by atoms with van der Waals surface area (Å²) in [5.41, 5.74) is 0. The summed E-state index contributed by atoms with van der Waals surface area (Å²) in [7, 11) is 0. The Bertz CT molecular complexity index is 298. The van der Waals surface area contributed by atoms with E-state index >= 15 is 0 Å². The molecule has 1 aromatic rings. The minimum Gasteiger partial charge on any atom is -0.381 e. The first-order chi connectivity index (χ1) is 7.24. The smallest absolute Gasteiger partial charge is 0.381 e. The molecule has 1 aliphatic rings. The number of hydrogen-bond donors (Lipinski definition) is 0. The molecule has 1 fully saturated rings. The van der Waals surface area contributed by atoms with Crippen molar-refractivity contribution < 1.29 is 13.5 Å². The van der Waals surface area contributed by atoms with Crippen LogP contribution < -0.4 is 3.69 Å². The van der Waals surface area contributed by atoms with Gasteiger partial charge in [0.1, 0.15) is 11.6 Å². The maximum absolute atomic E-state index is 12.6. The van der Waals surface area contributed by atoms with E-state index in [0.717, 1.165) is 19.3 Å². The molecule has 1 aromatic carbocycles. The number of hydrogen-bond acceptors (Lipinski definition) is 1. The fraction of sp³-hybridized carbons (Fsp3) is 0.400. The van der Waals surface area contributed by atoms with Crippen LogP contribution >= 0.6 is 12.9 Å². The topological polar surface area (TPSA) is 9.23 Å². The van der Waals surface area contributed by atoms with Crippen molar-refractivity contribution in [3.63, 3.8) is 0 Å². The fourth-order valence-electron chi connectivity index (χ4n) is 1.14. The molecule has 5 heteroatoms. The van der Waals surface area contributed by atoms with Crippen LogP contribution in [0.2, 0.25) is 0 Å². The van der Waals surface area contributed by atoms with Gasteiger partial charge < -0.3 is 4.74 Å². The van der Waals surface area contributed by atoms with Crippen LogP contribution in [0.1, 0.15) is 12.8 Å². The fourth-order valence-corrected chi connectivity index (χ4v) is 2.94. The van der Waals surface area contributed by atoms with Gasteiger partial charge >= 0.3 is 18.2 Å². The normalized spacial score (nSPS) is 14.1. The van der Waals surface area contributed by atoms with E-state index in [9.17, 15) is 8.78 Å². The molecular formula is C10H11BrF2MgO. The summed E-state index contributed by atoms with van der Waals surface area (Å²) in [5.74, 6) is -0.959. The summed E-state index contributed by atoms with van der Waals surface area (Å²) in [5, 5.41) is 0. The van der Waals surface area contributed by atoms with E-state index in [1.807, 2.05) is 0 Å². The lowest BCUT2D eigenvalue weighted by Crippen LogP contribution is -2.13. The highest BCUT2D eigenvalue weighted by molar-refractivity contribution is 9.23. The molecule has 0 spiro atoms. The third-order valence-electron chi connectivity index (χ3n) is 1.99. The van der Waals surface area contributed by atoms with Gasteiger partial charge in [0, 0.05) is 19.3 Å². The monoisotopic (exact) mass is 288 g/mol. The quantitative estimate of drug-likeness (QED) is 0.721. The highest BCUT2D eigenvalue weighted by atomic mass is 79.9. The Kier molecular flexibility index (Phi) is 6.71. The lowest BCUT2D eigenvalue weighted by molar-refractivity contribution is 0.198. The Morgan fingerprint density at radius 1 is 1.20 bits per heavy atom. The van der Waals surface area contributed by atoms with Crippen molar-refractivity contribution in [3.8, 4) is 0 Å². The Balaban J connectivity index is 0.000000187. The van der Waals surface area contributed by atoms with Gasteiger partial charge in [0.25, 0.3) is 0 Å². The molecule has 15 heavy (non-hydrogen) atoms. The van der Waals surface area contributed by atoms with Crippen LogP contribution in [0.15, 0.2) is 18.2 Å². The van der Waals surface area contributed by atoms with Crippen molar-refractivity contribution in [3.05, 3.63) is 29.8 Å². The van der Waals surface area contributed by atoms with Crippen molar-refractivity contribution in [1.82, 2.24) is 0 Å². The van der Waals surface area contributed by atoms with Crippen LogP contribution in [-0.2, 0) is 4.74 Å². The van der Waals surface area contributed by atoms with Crippen molar-refractivity contribution >= 4 is 34.8 Å². The summed E-state index contributed by atoms with van der Waals surface area (Å²) in [6, 6.07) is 3.65. The molecule has 1 aliphatic heterocycles. The van der Waals surface area contributed by atoms with Gasteiger partial charge in [-0.25, -0.2) is 8.78 Å². The molecule has 0 saturated carbocycles. The van der Waals surface area contributed by atoms with E-state index in [4.69, 9.17) is 4.74 Å². The lowest BCUT2D eigenvalue weighted by Gasteiger charge is -1.95. The van der Waals surface area contributed by atoms with E-state index < -0.39 is 29.8 Å². The second kappa shape index (κ2) is 7.54.